The predicted molar refractivity (Wildman–Crippen MR) is 94.0 cm³/mol. The molecule has 1 amide bonds. The van der Waals surface area contributed by atoms with E-state index >= 15 is 0 Å². The van der Waals surface area contributed by atoms with Gasteiger partial charge in [-0.15, -0.1) is 0 Å². The van der Waals surface area contributed by atoms with E-state index in [0.29, 0.717) is 25.7 Å². The molecule has 0 aromatic heterocycles. The van der Waals surface area contributed by atoms with Crippen molar-refractivity contribution >= 4 is 11.9 Å². The topological polar surface area (TPSA) is 60.9 Å². The van der Waals surface area contributed by atoms with Crippen LogP contribution in [-0.2, 0) is 16.0 Å². The average Bonchev–Trinajstić information content (AvgIpc) is 3.30. The fourth-order valence-electron chi connectivity index (χ4n) is 5.08. The molecule has 7 heteroatoms. The lowest BCUT2D eigenvalue weighted by atomic mass is 9.81. The summed E-state index contributed by atoms with van der Waals surface area (Å²) in [6.07, 6.45) is 4.45. The van der Waals surface area contributed by atoms with Crippen molar-refractivity contribution < 1.29 is 23.5 Å². The van der Waals surface area contributed by atoms with Crippen LogP contribution in [0.4, 0.5) is 8.78 Å². The number of amides is 1. The SMILES string of the molecule is O=C(Cc1ccc(F)cc1F)N1CC2CN(C3CCCC3)CC2(C(=O)O)C1. The summed E-state index contributed by atoms with van der Waals surface area (Å²) in [6.45, 7) is 1.73. The van der Waals surface area contributed by atoms with E-state index in [1.54, 1.807) is 4.90 Å². The standard InChI is InChI=1S/C20H24F2N2O3/c21-15-6-5-13(17(22)8-15)7-18(25)24-10-14-9-23(16-3-1-2-4-16)11-20(14,12-24)19(26)27/h5-6,8,14,16H,1-4,7,9-12H2,(H,26,27). The zero-order valence-corrected chi connectivity index (χ0v) is 15.2. The fourth-order valence-corrected chi connectivity index (χ4v) is 5.08. The molecule has 0 radical (unpaired) electrons. The van der Waals surface area contributed by atoms with Gasteiger partial charge >= 0.3 is 5.97 Å². The van der Waals surface area contributed by atoms with Gasteiger partial charge in [-0.25, -0.2) is 8.78 Å². The van der Waals surface area contributed by atoms with Crippen LogP contribution >= 0.6 is 0 Å². The number of nitrogens with zero attached hydrogens (tertiary/aromatic N) is 2. The minimum atomic E-state index is -0.931. The van der Waals surface area contributed by atoms with Gasteiger partial charge in [0.2, 0.25) is 5.91 Å². The summed E-state index contributed by atoms with van der Waals surface area (Å²) in [4.78, 5) is 28.6. The molecule has 3 aliphatic rings. The van der Waals surface area contributed by atoms with Crippen molar-refractivity contribution in [2.75, 3.05) is 26.2 Å². The first-order valence-corrected chi connectivity index (χ1v) is 9.58. The molecule has 4 rings (SSSR count). The van der Waals surface area contributed by atoms with Crippen molar-refractivity contribution in [3.63, 3.8) is 0 Å². The molecule has 3 fully saturated rings. The van der Waals surface area contributed by atoms with Crippen LogP contribution in [0.2, 0.25) is 0 Å². The summed E-state index contributed by atoms with van der Waals surface area (Å²) in [6, 6.07) is 3.63. The molecule has 1 aromatic carbocycles. The summed E-state index contributed by atoms with van der Waals surface area (Å²) in [5, 5.41) is 9.93. The van der Waals surface area contributed by atoms with E-state index in [4.69, 9.17) is 0 Å². The lowest BCUT2D eigenvalue weighted by molar-refractivity contribution is -0.149. The van der Waals surface area contributed by atoms with Gasteiger partial charge in [0.1, 0.15) is 17.0 Å². The lowest BCUT2D eigenvalue weighted by Gasteiger charge is -2.28. The van der Waals surface area contributed by atoms with Crippen LogP contribution in [0.3, 0.4) is 0 Å². The first kappa shape index (κ1) is 18.3. The normalized spacial score (nSPS) is 28.7. The molecule has 5 nitrogen and oxygen atoms in total. The van der Waals surface area contributed by atoms with Crippen LogP contribution in [0.25, 0.3) is 0 Å². The van der Waals surface area contributed by atoms with E-state index in [1.807, 2.05) is 0 Å². The molecule has 1 saturated carbocycles. The number of carboxylic acid groups (broad SMARTS) is 1. The average molecular weight is 378 g/mol. The number of benzene rings is 1. The molecular weight excluding hydrogens is 354 g/mol. The number of halogens is 2. The van der Waals surface area contributed by atoms with E-state index in [1.165, 1.54) is 18.9 Å². The number of carbonyl (C=O) groups is 2. The van der Waals surface area contributed by atoms with E-state index < -0.39 is 23.0 Å². The first-order chi connectivity index (χ1) is 12.9. The highest BCUT2D eigenvalue weighted by molar-refractivity contribution is 5.83. The van der Waals surface area contributed by atoms with Crippen LogP contribution in [0.5, 0.6) is 0 Å². The molecule has 1 N–H and O–H groups in total. The molecule has 1 aliphatic carbocycles. The summed E-state index contributed by atoms with van der Waals surface area (Å²) in [5.41, 5.74) is -0.796. The molecule has 2 saturated heterocycles. The highest BCUT2D eigenvalue weighted by Gasteiger charge is 2.59. The Kier molecular flexibility index (Phi) is 4.66. The summed E-state index contributed by atoms with van der Waals surface area (Å²) in [5.74, 6) is -2.68. The Morgan fingerprint density at radius 2 is 1.89 bits per heavy atom. The maximum atomic E-state index is 13.8. The molecule has 2 aliphatic heterocycles. The Morgan fingerprint density at radius 1 is 1.15 bits per heavy atom. The second kappa shape index (κ2) is 6.86. The number of rotatable bonds is 4. The Bertz CT molecular complexity index is 766. The van der Waals surface area contributed by atoms with Crippen LogP contribution < -0.4 is 0 Å². The second-order valence-corrected chi connectivity index (χ2v) is 8.21. The Hall–Kier alpha value is -2.02. The molecule has 0 spiro atoms. The number of hydrogen-bond acceptors (Lipinski definition) is 3. The third-order valence-electron chi connectivity index (χ3n) is 6.61. The molecule has 2 atom stereocenters. The number of carboxylic acids is 1. The third kappa shape index (κ3) is 3.22. The molecule has 146 valence electrons. The summed E-state index contributed by atoms with van der Waals surface area (Å²) >= 11 is 0. The van der Waals surface area contributed by atoms with Crippen molar-refractivity contribution in [3.05, 3.63) is 35.4 Å². The number of likely N-dealkylation sites (tertiary alicyclic amines) is 2. The van der Waals surface area contributed by atoms with Gasteiger partial charge in [-0.05, 0) is 24.5 Å². The van der Waals surface area contributed by atoms with Crippen molar-refractivity contribution in [2.24, 2.45) is 11.3 Å². The van der Waals surface area contributed by atoms with Crippen LogP contribution in [0, 0.1) is 23.0 Å². The Morgan fingerprint density at radius 3 is 2.52 bits per heavy atom. The number of hydrogen-bond donors (Lipinski definition) is 1. The van der Waals surface area contributed by atoms with Crippen molar-refractivity contribution in [2.45, 2.75) is 38.1 Å². The van der Waals surface area contributed by atoms with Gasteiger partial charge in [0, 0.05) is 44.2 Å². The van der Waals surface area contributed by atoms with Crippen LogP contribution in [0.1, 0.15) is 31.2 Å². The minimum absolute atomic E-state index is 0.0994. The van der Waals surface area contributed by atoms with Gasteiger partial charge in [-0.3, -0.25) is 14.5 Å². The highest BCUT2D eigenvalue weighted by Crippen LogP contribution is 2.45. The number of aliphatic carboxylic acids is 1. The van der Waals surface area contributed by atoms with Gasteiger partial charge < -0.3 is 10.0 Å². The van der Waals surface area contributed by atoms with Gasteiger partial charge in [-0.2, -0.15) is 0 Å². The number of carbonyl (C=O) groups excluding carboxylic acids is 1. The van der Waals surface area contributed by atoms with Gasteiger partial charge in [0.05, 0.1) is 6.42 Å². The summed E-state index contributed by atoms with van der Waals surface area (Å²) < 4.78 is 26.9. The van der Waals surface area contributed by atoms with Crippen molar-refractivity contribution in [1.82, 2.24) is 9.80 Å². The highest BCUT2D eigenvalue weighted by atomic mass is 19.1. The van der Waals surface area contributed by atoms with E-state index in [9.17, 15) is 23.5 Å². The number of fused-ring (bicyclic) bond motifs is 1. The molecule has 0 bridgehead atoms. The van der Waals surface area contributed by atoms with Crippen LogP contribution in [0.15, 0.2) is 18.2 Å². The largest absolute Gasteiger partial charge is 0.481 e. The maximum absolute atomic E-state index is 13.8. The van der Waals surface area contributed by atoms with Gasteiger partial charge in [-0.1, -0.05) is 18.9 Å². The van der Waals surface area contributed by atoms with E-state index in [2.05, 4.69) is 4.90 Å². The Balaban J connectivity index is 1.46. The van der Waals surface area contributed by atoms with E-state index in [0.717, 1.165) is 25.0 Å². The Labute approximate surface area is 156 Å². The van der Waals surface area contributed by atoms with Gasteiger partial charge in [0.15, 0.2) is 0 Å². The molecule has 2 unspecified atom stereocenters. The fraction of sp³-hybridized carbons (Fsp3) is 0.600. The monoisotopic (exact) mass is 378 g/mol. The summed E-state index contributed by atoms with van der Waals surface area (Å²) in [7, 11) is 0. The molecule has 27 heavy (non-hydrogen) atoms. The third-order valence-corrected chi connectivity index (χ3v) is 6.61. The second-order valence-electron chi connectivity index (χ2n) is 8.21. The lowest BCUT2D eigenvalue weighted by Crippen LogP contribution is -2.43. The molecular formula is C20H24F2N2O3. The minimum Gasteiger partial charge on any atom is -0.481 e. The predicted octanol–water partition coefficient (Wildman–Crippen LogP) is 2.29. The van der Waals surface area contributed by atoms with Crippen molar-refractivity contribution in [1.29, 1.82) is 0 Å². The molecule has 2 heterocycles. The zero-order valence-electron chi connectivity index (χ0n) is 15.2. The smallest absolute Gasteiger partial charge is 0.313 e. The maximum Gasteiger partial charge on any atom is 0.313 e. The zero-order chi connectivity index (χ0) is 19.2. The van der Waals surface area contributed by atoms with Crippen molar-refractivity contribution in [3.8, 4) is 0 Å². The van der Waals surface area contributed by atoms with Gasteiger partial charge in [0.25, 0.3) is 0 Å². The first-order valence-electron chi connectivity index (χ1n) is 9.58. The molecule has 1 aromatic rings. The van der Waals surface area contributed by atoms with Crippen LogP contribution in [-0.4, -0.2) is 59.0 Å². The van der Waals surface area contributed by atoms with E-state index in [-0.39, 0.29) is 30.4 Å². The quantitative estimate of drug-likeness (QED) is 0.873.